The fourth-order valence-electron chi connectivity index (χ4n) is 2.07. The van der Waals surface area contributed by atoms with Crippen LogP contribution >= 0.6 is 0 Å². The first-order chi connectivity index (χ1) is 7.79. The molecule has 4 nitrogen and oxygen atoms in total. The molecule has 2 unspecified atom stereocenters. The van der Waals surface area contributed by atoms with E-state index in [4.69, 9.17) is 10.2 Å². The Labute approximate surface area is 96.6 Å². The number of hydrogen-bond donors (Lipinski definition) is 2. The molecule has 0 aliphatic carbocycles. The van der Waals surface area contributed by atoms with Gasteiger partial charge in [-0.3, -0.25) is 0 Å². The summed E-state index contributed by atoms with van der Waals surface area (Å²) < 4.78 is 5.71. The van der Waals surface area contributed by atoms with E-state index in [0.717, 1.165) is 24.6 Å². The molecule has 0 saturated carbocycles. The lowest BCUT2D eigenvalue weighted by molar-refractivity contribution is 0.356. The minimum atomic E-state index is 0.264. The predicted molar refractivity (Wildman–Crippen MR) is 63.3 cm³/mol. The maximum absolute atomic E-state index is 5.71. The maximum Gasteiger partial charge on any atom is 0.195 e. The predicted octanol–water partition coefficient (Wildman–Crippen LogP) is 1.42. The molecule has 0 bridgehead atoms. The summed E-state index contributed by atoms with van der Waals surface area (Å²) in [6.07, 6.45) is 6.54. The minimum Gasteiger partial charge on any atom is -0.445 e. The van der Waals surface area contributed by atoms with Crippen molar-refractivity contribution < 1.29 is 4.42 Å². The SMILES string of the molecule is CC(CN)c1cnc(CC2CCCCN2)o1. The number of nitrogens with one attached hydrogen (secondary N) is 1. The van der Waals surface area contributed by atoms with Crippen molar-refractivity contribution in [1.82, 2.24) is 10.3 Å². The van der Waals surface area contributed by atoms with Crippen LogP contribution in [0.2, 0.25) is 0 Å². The van der Waals surface area contributed by atoms with Crippen molar-refractivity contribution in [2.75, 3.05) is 13.1 Å². The third kappa shape index (κ3) is 2.83. The van der Waals surface area contributed by atoms with Gasteiger partial charge in [0.1, 0.15) is 5.76 Å². The van der Waals surface area contributed by atoms with Gasteiger partial charge in [-0.1, -0.05) is 13.3 Å². The highest BCUT2D eigenvalue weighted by Gasteiger charge is 2.17. The first kappa shape index (κ1) is 11.6. The molecule has 1 aliphatic rings. The summed E-state index contributed by atoms with van der Waals surface area (Å²) in [5.74, 6) is 2.02. The van der Waals surface area contributed by atoms with E-state index in [0.29, 0.717) is 12.6 Å². The summed E-state index contributed by atoms with van der Waals surface area (Å²) in [5.41, 5.74) is 5.60. The van der Waals surface area contributed by atoms with Crippen LogP contribution in [0.15, 0.2) is 10.6 Å². The quantitative estimate of drug-likeness (QED) is 0.810. The molecule has 90 valence electrons. The summed E-state index contributed by atoms with van der Waals surface area (Å²) in [6.45, 7) is 3.79. The Morgan fingerprint density at radius 3 is 3.19 bits per heavy atom. The Kier molecular flexibility index (Phi) is 3.96. The third-order valence-electron chi connectivity index (χ3n) is 3.24. The van der Waals surface area contributed by atoms with Crippen molar-refractivity contribution in [1.29, 1.82) is 0 Å². The first-order valence-corrected chi connectivity index (χ1v) is 6.17. The van der Waals surface area contributed by atoms with E-state index in [1.54, 1.807) is 0 Å². The summed E-state index contributed by atoms with van der Waals surface area (Å²) in [7, 11) is 0. The molecular weight excluding hydrogens is 202 g/mol. The molecule has 0 spiro atoms. The van der Waals surface area contributed by atoms with Gasteiger partial charge >= 0.3 is 0 Å². The van der Waals surface area contributed by atoms with Crippen molar-refractivity contribution >= 4 is 0 Å². The van der Waals surface area contributed by atoms with Crippen molar-refractivity contribution in [3.8, 4) is 0 Å². The summed E-state index contributed by atoms with van der Waals surface area (Å²) in [6, 6.07) is 0.536. The molecule has 1 aliphatic heterocycles. The van der Waals surface area contributed by atoms with Crippen molar-refractivity contribution in [3.63, 3.8) is 0 Å². The van der Waals surface area contributed by atoms with Gasteiger partial charge in [0.15, 0.2) is 5.89 Å². The van der Waals surface area contributed by atoms with Crippen LogP contribution in [0, 0.1) is 0 Å². The van der Waals surface area contributed by atoms with E-state index >= 15 is 0 Å². The Balaban J connectivity index is 1.91. The Bertz CT molecular complexity index is 318. The Morgan fingerprint density at radius 2 is 2.50 bits per heavy atom. The van der Waals surface area contributed by atoms with Crippen LogP contribution in [0.4, 0.5) is 0 Å². The molecule has 0 amide bonds. The molecule has 2 rings (SSSR count). The molecule has 1 aromatic heterocycles. The van der Waals surface area contributed by atoms with Crippen molar-refractivity contribution in [3.05, 3.63) is 17.8 Å². The molecule has 16 heavy (non-hydrogen) atoms. The maximum atomic E-state index is 5.71. The van der Waals surface area contributed by atoms with Crippen molar-refractivity contribution in [2.24, 2.45) is 5.73 Å². The van der Waals surface area contributed by atoms with Gasteiger partial charge in [-0.2, -0.15) is 0 Å². The standard InChI is InChI=1S/C12H21N3O/c1-9(7-13)11-8-15-12(16-11)6-10-4-2-3-5-14-10/h8-10,14H,2-7,13H2,1H3. The van der Waals surface area contributed by atoms with Crippen LogP contribution in [-0.4, -0.2) is 24.1 Å². The second-order valence-electron chi connectivity index (χ2n) is 4.64. The number of nitrogens with zero attached hydrogens (tertiary/aromatic N) is 1. The largest absolute Gasteiger partial charge is 0.445 e. The van der Waals surface area contributed by atoms with Crippen LogP contribution in [0.1, 0.15) is 43.8 Å². The molecule has 1 aromatic rings. The Hall–Kier alpha value is -0.870. The highest BCUT2D eigenvalue weighted by Crippen LogP contribution is 2.17. The average Bonchev–Trinajstić information content (AvgIpc) is 2.78. The van der Waals surface area contributed by atoms with Gasteiger partial charge in [-0.25, -0.2) is 4.98 Å². The van der Waals surface area contributed by atoms with E-state index in [9.17, 15) is 0 Å². The molecule has 3 N–H and O–H groups in total. The monoisotopic (exact) mass is 223 g/mol. The zero-order valence-electron chi connectivity index (χ0n) is 9.91. The van der Waals surface area contributed by atoms with Crippen molar-refractivity contribution in [2.45, 2.75) is 44.6 Å². The summed E-state index contributed by atoms with van der Waals surface area (Å²) >= 11 is 0. The molecule has 1 fully saturated rings. The second kappa shape index (κ2) is 5.46. The lowest BCUT2D eigenvalue weighted by Crippen LogP contribution is -2.35. The lowest BCUT2D eigenvalue weighted by Gasteiger charge is -2.21. The van der Waals surface area contributed by atoms with Crippen LogP contribution in [-0.2, 0) is 6.42 Å². The molecule has 2 atom stereocenters. The minimum absolute atomic E-state index is 0.264. The average molecular weight is 223 g/mol. The van der Waals surface area contributed by atoms with Crippen LogP contribution in [0.5, 0.6) is 0 Å². The number of oxazole rings is 1. The molecule has 0 radical (unpaired) electrons. The first-order valence-electron chi connectivity index (χ1n) is 6.17. The number of piperidine rings is 1. The van der Waals surface area contributed by atoms with Gasteiger partial charge in [0, 0.05) is 24.9 Å². The summed E-state index contributed by atoms with van der Waals surface area (Å²) in [5, 5.41) is 3.50. The second-order valence-corrected chi connectivity index (χ2v) is 4.64. The highest BCUT2D eigenvalue weighted by atomic mass is 16.4. The van der Waals surface area contributed by atoms with Crippen LogP contribution < -0.4 is 11.1 Å². The topological polar surface area (TPSA) is 64.1 Å². The number of rotatable bonds is 4. The van der Waals surface area contributed by atoms with E-state index < -0.39 is 0 Å². The molecule has 2 heterocycles. The van der Waals surface area contributed by atoms with E-state index in [-0.39, 0.29) is 5.92 Å². The van der Waals surface area contributed by atoms with Gasteiger partial charge in [-0.15, -0.1) is 0 Å². The van der Waals surface area contributed by atoms with Gasteiger partial charge in [-0.05, 0) is 19.4 Å². The normalized spacial score (nSPS) is 23.2. The Morgan fingerprint density at radius 1 is 1.62 bits per heavy atom. The van der Waals surface area contributed by atoms with Gasteiger partial charge in [0.05, 0.1) is 6.20 Å². The number of nitrogens with two attached hydrogens (primary N) is 1. The highest BCUT2D eigenvalue weighted by molar-refractivity contribution is 5.02. The zero-order valence-corrected chi connectivity index (χ0v) is 9.91. The zero-order chi connectivity index (χ0) is 11.4. The molecular formula is C12H21N3O. The number of aromatic nitrogens is 1. The van der Waals surface area contributed by atoms with Crippen LogP contribution in [0.25, 0.3) is 0 Å². The lowest BCUT2D eigenvalue weighted by atomic mass is 10.0. The summed E-state index contributed by atoms with van der Waals surface area (Å²) in [4.78, 5) is 4.32. The molecule has 1 saturated heterocycles. The van der Waals surface area contributed by atoms with Gasteiger partial charge in [0.25, 0.3) is 0 Å². The van der Waals surface area contributed by atoms with Crippen LogP contribution in [0.3, 0.4) is 0 Å². The van der Waals surface area contributed by atoms with E-state index in [1.807, 2.05) is 6.20 Å². The van der Waals surface area contributed by atoms with E-state index in [2.05, 4.69) is 17.2 Å². The van der Waals surface area contributed by atoms with Gasteiger partial charge < -0.3 is 15.5 Å². The smallest absolute Gasteiger partial charge is 0.195 e. The molecule has 4 heteroatoms. The molecule has 0 aromatic carbocycles. The van der Waals surface area contributed by atoms with Gasteiger partial charge in [0.2, 0.25) is 0 Å². The fraction of sp³-hybridized carbons (Fsp3) is 0.750. The fourth-order valence-corrected chi connectivity index (χ4v) is 2.07. The van der Waals surface area contributed by atoms with E-state index in [1.165, 1.54) is 19.3 Å². The number of hydrogen-bond acceptors (Lipinski definition) is 4. The third-order valence-corrected chi connectivity index (χ3v) is 3.24.